The molecule has 1 saturated heterocycles. The predicted molar refractivity (Wildman–Crippen MR) is 125 cm³/mol. The minimum Gasteiger partial charge on any atom is -0.447 e. The van der Waals surface area contributed by atoms with Crippen LogP contribution in [0.4, 0.5) is 0 Å². The highest BCUT2D eigenvalue weighted by molar-refractivity contribution is 6.09. The number of morpholine rings is 1. The summed E-state index contributed by atoms with van der Waals surface area (Å²) in [5.41, 5.74) is 4.27. The normalized spacial score (nSPS) is 24.2. The van der Waals surface area contributed by atoms with Crippen molar-refractivity contribution in [3.63, 3.8) is 0 Å². The lowest BCUT2D eigenvalue weighted by atomic mass is 9.62. The number of rotatable bonds is 3. The number of fused-ring (bicyclic) bond motifs is 1. The number of amides is 1. The number of ether oxygens (including phenoxy) is 1. The van der Waals surface area contributed by atoms with Crippen LogP contribution >= 0.6 is 0 Å². The maximum absolute atomic E-state index is 13.4. The minimum absolute atomic E-state index is 0.0155. The van der Waals surface area contributed by atoms with Gasteiger partial charge in [-0.15, -0.1) is 0 Å². The molecule has 0 spiro atoms. The molecule has 1 amide bonds. The summed E-state index contributed by atoms with van der Waals surface area (Å²) in [6.45, 7) is 16.0. The summed E-state index contributed by atoms with van der Waals surface area (Å²) < 4.78 is 11.5. The van der Waals surface area contributed by atoms with Crippen molar-refractivity contribution in [2.45, 2.75) is 84.3 Å². The number of carbonyl (C=O) groups excluding carboxylic acids is 2. The van der Waals surface area contributed by atoms with Crippen molar-refractivity contribution in [2.75, 3.05) is 13.1 Å². The lowest BCUT2D eigenvalue weighted by Gasteiger charge is -2.42. The van der Waals surface area contributed by atoms with Crippen molar-refractivity contribution >= 4 is 11.7 Å². The summed E-state index contributed by atoms with van der Waals surface area (Å²) in [4.78, 5) is 28.1. The van der Waals surface area contributed by atoms with Gasteiger partial charge in [0, 0.05) is 18.7 Å². The summed E-state index contributed by atoms with van der Waals surface area (Å²) in [5, 5.41) is 0. The minimum atomic E-state index is -0.198. The van der Waals surface area contributed by atoms with Crippen molar-refractivity contribution < 1.29 is 18.7 Å². The van der Waals surface area contributed by atoms with Gasteiger partial charge in [-0.2, -0.15) is 0 Å². The Morgan fingerprint density at radius 2 is 1.44 bits per heavy atom. The van der Waals surface area contributed by atoms with E-state index in [0.29, 0.717) is 18.7 Å². The number of hydrogen-bond acceptors (Lipinski definition) is 4. The average molecular weight is 438 g/mol. The zero-order chi connectivity index (χ0) is 23.4. The van der Waals surface area contributed by atoms with Crippen LogP contribution in [0.3, 0.4) is 0 Å². The molecule has 32 heavy (non-hydrogen) atoms. The van der Waals surface area contributed by atoms with E-state index in [1.165, 1.54) is 11.1 Å². The van der Waals surface area contributed by atoms with Gasteiger partial charge in [0.2, 0.25) is 5.78 Å². The first-order valence-corrected chi connectivity index (χ1v) is 11.6. The van der Waals surface area contributed by atoms with Crippen molar-refractivity contribution in [2.24, 2.45) is 0 Å². The second-order valence-corrected chi connectivity index (χ2v) is 10.9. The quantitative estimate of drug-likeness (QED) is 0.602. The van der Waals surface area contributed by atoms with E-state index in [9.17, 15) is 9.59 Å². The lowest BCUT2D eigenvalue weighted by Crippen LogP contribution is -2.48. The third kappa shape index (κ3) is 4.03. The van der Waals surface area contributed by atoms with E-state index in [1.807, 2.05) is 20.8 Å². The Balaban J connectivity index is 1.64. The molecule has 5 nitrogen and oxygen atoms in total. The third-order valence-electron chi connectivity index (χ3n) is 7.19. The molecule has 172 valence electrons. The van der Waals surface area contributed by atoms with Crippen molar-refractivity contribution in [1.29, 1.82) is 0 Å². The van der Waals surface area contributed by atoms with E-state index in [0.717, 1.165) is 18.4 Å². The van der Waals surface area contributed by atoms with Crippen LogP contribution in [0.5, 0.6) is 0 Å². The Morgan fingerprint density at radius 3 is 2.03 bits per heavy atom. The highest BCUT2D eigenvalue weighted by atomic mass is 16.5. The third-order valence-corrected chi connectivity index (χ3v) is 7.19. The smallest absolute Gasteiger partial charge is 0.289 e. The Labute approximate surface area is 191 Å². The second-order valence-electron chi connectivity index (χ2n) is 10.9. The van der Waals surface area contributed by atoms with Gasteiger partial charge >= 0.3 is 0 Å². The molecule has 1 aliphatic heterocycles. The molecule has 2 heterocycles. The Kier molecular flexibility index (Phi) is 5.61. The number of ketones is 1. The molecule has 2 aliphatic rings. The van der Waals surface area contributed by atoms with Crippen LogP contribution in [0.1, 0.15) is 97.7 Å². The molecule has 2 aromatic rings. The molecular weight excluding hydrogens is 402 g/mol. The van der Waals surface area contributed by atoms with Crippen molar-refractivity contribution in [1.82, 2.24) is 4.90 Å². The van der Waals surface area contributed by atoms with Crippen LogP contribution in [0, 0.1) is 6.92 Å². The molecule has 5 heteroatoms. The number of carbonyl (C=O) groups is 2. The lowest BCUT2D eigenvalue weighted by molar-refractivity contribution is -0.0592. The van der Waals surface area contributed by atoms with Gasteiger partial charge in [-0.25, -0.2) is 0 Å². The van der Waals surface area contributed by atoms with E-state index >= 15 is 0 Å². The van der Waals surface area contributed by atoms with Gasteiger partial charge in [-0.05, 0) is 79.3 Å². The molecule has 1 aliphatic carbocycles. The van der Waals surface area contributed by atoms with E-state index < -0.39 is 0 Å². The summed E-state index contributed by atoms with van der Waals surface area (Å²) in [5.74, 6) is 0.0358. The van der Waals surface area contributed by atoms with Crippen LogP contribution in [0.15, 0.2) is 28.7 Å². The molecule has 2 atom stereocenters. The molecule has 0 unspecified atom stereocenters. The maximum Gasteiger partial charge on any atom is 0.289 e. The number of benzene rings is 1. The Bertz CT molecular complexity index is 1050. The SMILES string of the molecule is Cc1cc2c(cc1C(=O)c1ccc(C(=O)N3C[C@@H](C)O[C@@H](C)C3)o1)C(C)(C)CCC2(C)C. The Morgan fingerprint density at radius 1 is 0.906 bits per heavy atom. The van der Waals surface area contributed by atoms with Crippen LogP contribution in [0.2, 0.25) is 0 Å². The van der Waals surface area contributed by atoms with Gasteiger partial charge in [0.1, 0.15) is 0 Å². The molecule has 0 saturated carbocycles. The highest BCUT2D eigenvalue weighted by Crippen LogP contribution is 2.46. The summed E-state index contributed by atoms with van der Waals surface area (Å²) >= 11 is 0. The fraction of sp³-hybridized carbons (Fsp3) is 0.556. The fourth-order valence-corrected chi connectivity index (χ4v) is 5.17. The molecule has 1 aromatic carbocycles. The van der Waals surface area contributed by atoms with E-state index in [4.69, 9.17) is 9.15 Å². The average Bonchev–Trinajstić information content (AvgIpc) is 3.19. The van der Waals surface area contributed by atoms with Crippen LogP contribution in [-0.4, -0.2) is 41.9 Å². The van der Waals surface area contributed by atoms with E-state index in [-0.39, 0.29) is 46.2 Å². The van der Waals surface area contributed by atoms with Gasteiger partial charge in [0.05, 0.1) is 12.2 Å². The van der Waals surface area contributed by atoms with Crippen molar-refractivity contribution in [3.05, 3.63) is 58.0 Å². The van der Waals surface area contributed by atoms with Crippen LogP contribution in [-0.2, 0) is 15.6 Å². The summed E-state index contributed by atoms with van der Waals surface area (Å²) in [6.07, 6.45) is 2.16. The second kappa shape index (κ2) is 7.87. The molecule has 0 radical (unpaired) electrons. The fourth-order valence-electron chi connectivity index (χ4n) is 5.17. The predicted octanol–water partition coefficient (Wildman–Crippen LogP) is 5.42. The number of furan rings is 1. The summed E-state index contributed by atoms with van der Waals surface area (Å²) in [7, 11) is 0. The van der Waals surface area contributed by atoms with Gasteiger partial charge in [0.15, 0.2) is 11.5 Å². The first-order valence-electron chi connectivity index (χ1n) is 11.6. The van der Waals surface area contributed by atoms with Gasteiger partial charge in [-0.1, -0.05) is 33.8 Å². The highest BCUT2D eigenvalue weighted by Gasteiger charge is 2.38. The molecule has 1 fully saturated rings. The number of hydrogen-bond donors (Lipinski definition) is 0. The zero-order valence-electron chi connectivity index (χ0n) is 20.4. The molecule has 1 aromatic heterocycles. The summed E-state index contributed by atoms with van der Waals surface area (Å²) in [6, 6.07) is 7.47. The first-order chi connectivity index (χ1) is 14.9. The van der Waals surface area contributed by atoms with Gasteiger partial charge in [0.25, 0.3) is 5.91 Å². The monoisotopic (exact) mass is 437 g/mol. The number of aryl methyl sites for hydroxylation is 1. The van der Waals surface area contributed by atoms with Crippen LogP contribution in [0.25, 0.3) is 0 Å². The standard InChI is InChI=1S/C27H35NO4/c1-16-12-20-21(27(6,7)11-10-26(20,4)5)13-19(16)24(29)22-8-9-23(32-22)25(30)28-14-17(2)31-18(3)15-28/h8-9,12-13,17-18H,10-11,14-15H2,1-7H3/t17-,18+. The van der Waals surface area contributed by atoms with Crippen molar-refractivity contribution in [3.8, 4) is 0 Å². The van der Waals surface area contributed by atoms with Gasteiger partial charge < -0.3 is 14.1 Å². The topological polar surface area (TPSA) is 59.8 Å². The van der Waals surface area contributed by atoms with Crippen LogP contribution < -0.4 is 0 Å². The van der Waals surface area contributed by atoms with E-state index in [1.54, 1.807) is 17.0 Å². The number of nitrogens with zero attached hydrogens (tertiary/aromatic N) is 1. The maximum atomic E-state index is 13.4. The van der Waals surface area contributed by atoms with E-state index in [2.05, 4.69) is 39.8 Å². The first kappa shape index (κ1) is 22.8. The molecule has 0 N–H and O–H groups in total. The largest absolute Gasteiger partial charge is 0.447 e. The molecule has 4 rings (SSSR count). The molecule has 0 bridgehead atoms. The van der Waals surface area contributed by atoms with Gasteiger partial charge in [-0.3, -0.25) is 9.59 Å². The zero-order valence-corrected chi connectivity index (χ0v) is 20.4. The molecular formula is C27H35NO4. The Hall–Kier alpha value is -2.40.